The molecule has 0 radical (unpaired) electrons. The Hall–Kier alpha value is -1.58. The van der Waals surface area contributed by atoms with E-state index in [2.05, 4.69) is 34.4 Å². The highest BCUT2D eigenvalue weighted by molar-refractivity contribution is 14.0. The Morgan fingerprint density at radius 3 is 2.79 bits per heavy atom. The number of nitrogens with one attached hydrogen (secondary N) is 2. The number of aliphatic imine (C=N–C) groups is 1. The molecule has 1 aliphatic rings. The number of guanidine groups is 1. The highest BCUT2D eigenvalue weighted by Gasteiger charge is 2.21. The van der Waals surface area contributed by atoms with Crippen molar-refractivity contribution in [3.63, 3.8) is 0 Å². The number of anilines is 1. The normalized spacial score (nSPS) is 17.1. The van der Waals surface area contributed by atoms with Gasteiger partial charge in [0, 0.05) is 45.5 Å². The maximum Gasteiger partial charge on any atom is 0.243 e. The maximum atomic E-state index is 13.5. The van der Waals surface area contributed by atoms with E-state index in [1.165, 1.54) is 11.0 Å². The molecular weight excluding hydrogens is 472 g/mol. The Morgan fingerprint density at radius 1 is 1.39 bits per heavy atom. The van der Waals surface area contributed by atoms with Gasteiger partial charge in [0.05, 0.1) is 0 Å². The molecule has 1 unspecified atom stereocenters. The van der Waals surface area contributed by atoms with Gasteiger partial charge < -0.3 is 20.4 Å². The third-order valence-corrected chi connectivity index (χ3v) is 4.48. The number of benzene rings is 1. The monoisotopic (exact) mass is 505 g/mol. The van der Waals surface area contributed by atoms with Crippen molar-refractivity contribution >= 4 is 41.5 Å². The molecule has 0 aromatic heterocycles. The van der Waals surface area contributed by atoms with Crippen LogP contribution in [0.4, 0.5) is 10.1 Å². The number of nitrogens with zero attached hydrogens (tertiary/aromatic N) is 3. The number of hydrogen-bond donors (Lipinski definition) is 2. The zero-order chi connectivity index (χ0) is 19.8. The third kappa shape index (κ3) is 8.20. The van der Waals surface area contributed by atoms with Crippen LogP contribution in [0.25, 0.3) is 0 Å². The number of likely N-dealkylation sites (N-methyl/N-ethyl adjacent to an activating group) is 1. The van der Waals surface area contributed by atoms with E-state index >= 15 is 0 Å². The van der Waals surface area contributed by atoms with Crippen molar-refractivity contribution in [2.45, 2.75) is 32.7 Å². The summed E-state index contributed by atoms with van der Waals surface area (Å²) in [7, 11) is 3.45. The Morgan fingerprint density at radius 2 is 2.14 bits per heavy atom. The van der Waals surface area contributed by atoms with Crippen molar-refractivity contribution in [3.8, 4) is 0 Å². The van der Waals surface area contributed by atoms with Gasteiger partial charge in [0.2, 0.25) is 5.91 Å². The first kappa shape index (κ1) is 24.5. The number of piperidine rings is 1. The van der Waals surface area contributed by atoms with Gasteiger partial charge in [0.15, 0.2) is 5.96 Å². The van der Waals surface area contributed by atoms with Gasteiger partial charge in [-0.25, -0.2) is 9.38 Å². The van der Waals surface area contributed by atoms with E-state index in [0.717, 1.165) is 38.2 Å². The molecule has 1 saturated heterocycles. The Kier molecular flexibility index (Phi) is 10.6. The molecule has 0 aliphatic carbocycles. The molecule has 0 saturated carbocycles. The first-order valence-electron chi connectivity index (χ1n) is 9.60. The van der Waals surface area contributed by atoms with Gasteiger partial charge in [-0.2, -0.15) is 0 Å². The first-order chi connectivity index (χ1) is 12.8. The van der Waals surface area contributed by atoms with Crippen LogP contribution < -0.4 is 15.5 Å². The summed E-state index contributed by atoms with van der Waals surface area (Å²) in [6, 6.07) is 6.91. The lowest BCUT2D eigenvalue weighted by Gasteiger charge is -2.35. The lowest BCUT2D eigenvalue weighted by Crippen LogP contribution is -2.52. The summed E-state index contributed by atoms with van der Waals surface area (Å²) in [6.45, 7) is 6.83. The fourth-order valence-corrected chi connectivity index (χ4v) is 2.94. The van der Waals surface area contributed by atoms with Crippen molar-refractivity contribution in [2.75, 3.05) is 45.2 Å². The van der Waals surface area contributed by atoms with Gasteiger partial charge in [0.25, 0.3) is 0 Å². The molecule has 1 amide bonds. The van der Waals surface area contributed by atoms with Crippen LogP contribution in [0, 0.1) is 11.7 Å². The predicted molar refractivity (Wildman–Crippen MR) is 124 cm³/mol. The number of carbonyl (C=O) groups is 1. The lowest BCUT2D eigenvalue weighted by molar-refractivity contribution is -0.127. The molecule has 8 heteroatoms. The van der Waals surface area contributed by atoms with Gasteiger partial charge in [-0.05, 0) is 37.0 Å². The summed E-state index contributed by atoms with van der Waals surface area (Å²) in [6.07, 6.45) is 2.03. The van der Waals surface area contributed by atoms with Gasteiger partial charge >= 0.3 is 0 Å². The maximum absolute atomic E-state index is 13.5. The molecule has 1 aromatic carbocycles. The zero-order valence-corrected chi connectivity index (χ0v) is 19.6. The first-order valence-corrected chi connectivity index (χ1v) is 9.60. The summed E-state index contributed by atoms with van der Waals surface area (Å²) in [5, 5.41) is 6.77. The smallest absolute Gasteiger partial charge is 0.243 e. The van der Waals surface area contributed by atoms with Gasteiger partial charge in [0.1, 0.15) is 12.4 Å². The van der Waals surface area contributed by atoms with E-state index in [1.54, 1.807) is 26.2 Å². The fourth-order valence-electron chi connectivity index (χ4n) is 2.94. The molecule has 0 spiro atoms. The van der Waals surface area contributed by atoms with Crippen molar-refractivity contribution in [3.05, 3.63) is 30.1 Å². The van der Waals surface area contributed by atoms with Crippen LogP contribution in [0.15, 0.2) is 29.3 Å². The van der Waals surface area contributed by atoms with Crippen molar-refractivity contribution in [1.82, 2.24) is 15.5 Å². The summed E-state index contributed by atoms with van der Waals surface area (Å²) < 4.78 is 13.5. The predicted octanol–water partition coefficient (Wildman–Crippen LogP) is 2.69. The molecule has 1 heterocycles. The van der Waals surface area contributed by atoms with Crippen LogP contribution in [0.1, 0.15) is 26.7 Å². The van der Waals surface area contributed by atoms with Crippen molar-refractivity contribution < 1.29 is 9.18 Å². The molecule has 158 valence electrons. The van der Waals surface area contributed by atoms with Crippen LogP contribution in [0.2, 0.25) is 0 Å². The van der Waals surface area contributed by atoms with Crippen LogP contribution in [0.3, 0.4) is 0 Å². The summed E-state index contributed by atoms with van der Waals surface area (Å²) in [5.74, 6) is 0.873. The van der Waals surface area contributed by atoms with Crippen LogP contribution in [-0.4, -0.2) is 63.1 Å². The second-order valence-corrected chi connectivity index (χ2v) is 7.64. The summed E-state index contributed by atoms with van der Waals surface area (Å²) in [4.78, 5) is 20.0. The SMILES string of the molecule is CC(C)CNC(=NCC(=O)N(C)C)NC1CCCN(c2cccc(F)c2)C1.I. The summed E-state index contributed by atoms with van der Waals surface area (Å²) in [5.41, 5.74) is 0.901. The molecule has 1 aliphatic heterocycles. The van der Waals surface area contributed by atoms with Crippen LogP contribution in [0.5, 0.6) is 0 Å². The largest absolute Gasteiger partial charge is 0.369 e. The van der Waals surface area contributed by atoms with Crippen molar-refractivity contribution in [1.29, 1.82) is 0 Å². The second kappa shape index (κ2) is 12.1. The minimum atomic E-state index is -0.217. The lowest BCUT2D eigenvalue weighted by atomic mass is 10.0. The van der Waals surface area contributed by atoms with Crippen LogP contribution in [-0.2, 0) is 4.79 Å². The topological polar surface area (TPSA) is 60.0 Å². The molecule has 2 N–H and O–H groups in total. The number of rotatable bonds is 6. The van der Waals surface area contributed by atoms with E-state index in [0.29, 0.717) is 11.9 Å². The Labute approximate surface area is 185 Å². The van der Waals surface area contributed by atoms with E-state index in [9.17, 15) is 9.18 Å². The average Bonchev–Trinajstić information content (AvgIpc) is 2.63. The minimum Gasteiger partial charge on any atom is -0.369 e. The summed E-state index contributed by atoms with van der Waals surface area (Å²) >= 11 is 0. The molecule has 6 nitrogen and oxygen atoms in total. The Balaban J connectivity index is 0.00000392. The quantitative estimate of drug-likeness (QED) is 0.355. The van der Waals surface area contributed by atoms with E-state index in [1.807, 2.05) is 6.07 Å². The molecular formula is C20H33FIN5O. The second-order valence-electron chi connectivity index (χ2n) is 7.64. The van der Waals surface area contributed by atoms with E-state index < -0.39 is 0 Å². The zero-order valence-electron chi connectivity index (χ0n) is 17.2. The van der Waals surface area contributed by atoms with Gasteiger partial charge in [-0.15, -0.1) is 24.0 Å². The average molecular weight is 505 g/mol. The highest BCUT2D eigenvalue weighted by Crippen LogP contribution is 2.20. The molecule has 28 heavy (non-hydrogen) atoms. The fraction of sp³-hybridized carbons (Fsp3) is 0.600. The standard InChI is InChI=1S/C20H32FN5O.HI/c1-15(2)12-22-20(23-13-19(27)25(3)4)24-17-8-6-10-26(14-17)18-9-5-7-16(21)11-18;/h5,7,9,11,15,17H,6,8,10,12-14H2,1-4H3,(H2,22,23,24);1H. The number of halogens is 2. The minimum absolute atomic E-state index is 0. The number of carbonyl (C=O) groups excluding carboxylic acids is 1. The Bertz CT molecular complexity index is 653. The van der Waals surface area contributed by atoms with Crippen LogP contribution >= 0.6 is 24.0 Å². The molecule has 1 fully saturated rings. The van der Waals surface area contributed by atoms with Gasteiger partial charge in [-0.1, -0.05) is 19.9 Å². The number of amides is 1. The van der Waals surface area contributed by atoms with E-state index in [-0.39, 0.29) is 48.3 Å². The number of hydrogen-bond acceptors (Lipinski definition) is 3. The third-order valence-electron chi connectivity index (χ3n) is 4.48. The molecule has 0 bridgehead atoms. The molecule has 1 aromatic rings. The molecule has 2 rings (SSSR count). The highest BCUT2D eigenvalue weighted by atomic mass is 127. The molecule has 1 atom stereocenters. The van der Waals surface area contributed by atoms with Gasteiger partial charge in [-0.3, -0.25) is 4.79 Å². The van der Waals surface area contributed by atoms with Crippen molar-refractivity contribution in [2.24, 2.45) is 10.9 Å². The van der Waals surface area contributed by atoms with E-state index in [4.69, 9.17) is 0 Å².